The Kier molecular flexibility index (Phi) is 6.19. The van der Waals surface area contributed by atoms with Gasteiger partial charge < -0.3 is 13.3 Å². The lowest BCUT2D eigenvalue weighted by Crippen LogP contribution is -2.46. The zero-order valence-electron chi connectivity index (χ0n) is 12.0. The Balaban J connectivity index is 2.82. The minimum atomic E-state index is -2.88. The van der Waals surface area contributed by atoms with E-state index in [2.05, 4.69) is 0 Å². The van der Waals surface area contributed by atoms with Crippen LogP contribution in [0.1, 0.15) is 19.4 Å². The van der Waals surface area contributed by atoms with E-state index in [1.165, 1.54) is 14.2 Å². The summed E-state index contributed by atoms with van der Waals surface area (Å²) in [4.78, 5) is 0. The van der Waals surface area contributed by atoms with Gasteiger partial charge in [0.1, 0.15) is 0 Å². The van der Waals surface area contributed by atoms with Crippen molar-refractivity contribution in [3.63, 3.8) is 0 Å². The maximum Gasteiger partial charge on any atom is 0.500 e. The Labute approximate surface area is 118 Å². The first-order chi connectivity index (χ1) is 9.33. The summed E-state index contributed by atoms with van der Waals surface area (Å²) < 4.78 is 55.5. The average molecular weight is 308 g/mol. The van der Waals surface area contributed by atoms with Crippen molar-refractivity contribution in [1.29, 1.82) is 0 Å². The predicted octanol–water partition coefficient (Wildman–Crippen LogP) is 3.30. The van der Waals surface area contributed by atoms with Crippen LogP contribution in [0.4, 0.5) is 13.2 Å². The summed E-state index contributed by atoms with van der Waals surface area (Å²) in [5, 5.41) is 0. The van der Waals surface area contributed by atoms with Crippen LogP contribution in [-0.2, 0) is 19.7 Å². The maximum absolute atomic E-state index is 13.1. The van der Waals surface area contributed by atoms with E-state index < -0.39 is 26.3 Å². The van der Waals surface area contributed by atoms with Gasteiger partial charge in [-0.15, -0.1) is 0 Å². The normalized spacial score (nSPS) is 12.2. The van der Waals surface area contributed by atoms with Crippen LogP contribution in [-0.4, -0.2) is 29.1 Å². The Hall–Kier alpha value is -0.893. The van der Waals surface area contributed by atoms with E-state index in [-0.39, 0.29) is 12.5 Å². The van der Waals surface area contributed by atoms with E-state index in [0.717, 1.165) is 12.1 Å². The van der Waals surface area contributed by atoms with Crippen molar-refractivity contribution in [2.75, 3.05) is 14.2 Å². The first kappa shape index (κ1) is 17.2. The zero-order chi connectivity index (χ0) is 15.3. The van der Waals surface area contributed by atoms with Gasteiger partial charge >= 0.3 is 8.80 Å². The minimum absolute atomic E-state index is 0.0942. The van der Waals surface area contributed by atoms with Crippen molar-refractivity contribution in [2.45, 2.75) is 32.4 Å². The van der Waals surface area contributed by atoms with Gasteiger partial charge in [0.05, 0.1) is 0 Å². The highest BCUT2D eigenvalue weighted by molar-refractivity contribution is 6.60. The number of rotatable bonds is 7. The molecule has 0 saturated carbocycles. The van der Waals surface area contributed by atoms with Gasteiger partial charge in [-0.05, 0) is 38.0 Å². The first-order valence-electron chi connectivity index (χ1n) is 6.25. The molecule has 7 heteroatoms. The summed E-state index contributed by atoms with van der Waals surface area (Å²) in [6.07, 6.45) is 0.178. The third-order valence-corrected chi connectivity index (χ3v) is 5.74. The van der Waals surface area contributed by atoms with Crippen LogP contribution < -0.4 is 0 Å². The summed E-state index contributed by atoms with van der Waals surface area (Å²) in [5.74, 6) is -3.87. The second-order valence-electron chi connectivity index (χ2n) is 4.63. The summed E-state index contributed by atoms with van der Waals surface area (Å²) >= 11 is 0. The van der Waals surface area contributed by atoms with E-state index in [1.807, 2.05) is 13.8 Å². The van der Waals surface area contributed by atoms with Gasteiger partial charge in [0.15, 0.2) is 17.5 Å². The molecule has 0 bridgehead atoms. The molecule has 114 valence electrons. The topological polar surface area (TPSA) is 27.7 Å². The third kappa shape index (κ3) is 4.31. The quantitative estimate of drug-likeness (QED) is 0.571. The Morgan fingerprint density at radius 1 is 1.05 bits per heavy atom. The molecule has 1 aromatic rings. The predicted molar refractivity (Wildman–Crippen MR) is 70.8 cm³/mol. The number of benzene rings is 1. The molecule has 0 saturated heterocycles. The van der Waals surface area contributed by atoms with E-state index in [9.17, 15) is 13.2 Å². The molecule has 0 aliphatic heterocycles. The van der Waals surface area contributed by atoms with E-state index >= 15 is 0 Å². The van der Waals surface area contributed by atoms with Crippen molar-refractivity contribution in [3.05, 3.63) is 35.1 Å². The van der Waals surface area contributed by atoms with Gasteiger partial charge in [-0.3, -0.25) is 0 Å². The van der Waals surface area contributed by atoms with Crippen LogP contribution in [0.5, 0.6) is 0 Å². The molecule has 0 radical (unpaired) electrons. The highest BCUT2D eigenvalue weighted by Crippen LogP contribution is 2.21. The number of aryl methyl sites for hydroxylation is 1. The maximum atomic E-state index is 13.1. The van der Waals surface area contributed by atoms with Gasteiger partial charge in [0.2, 0.25) is 0 Å². The zero-order valence-corrected chi connectivity index (χ0v) is 13.0. The summed E-state index contributed by atoms with van der Waals surface area (Å²) in [5.41, 5.74) is 0.333. The summed E-state index contributed by atoms with van der Waals surface area (Å²) in [7, 11) is 0.0759. The second kappa shape index (κ2) is 7.21. The molecule has 0 heterocycles. The van der Waals surface area contributed by atoms with E-state index in [4.69, 9.17) is 13.3 Å². The number of halogens is 3. The lowest BCUT2D eigenvalue weighted by molar-refractivity contribution is 0.0700. The largest absolute Gasteiger partial charge is 0.500 e. The van der Waals surface area contributed by atoms with Gasteiger partial charge in [-0.25, -0.2) is 13.2 Å². The number of hydrogen-bond acceptors (Lipinski definition) is 3. The molecule has 0 aliphatic carbocycles. The molecule has 3 nitrogen and oxygen atoms in total. The van der Waals surface area contributed by atoms with Crippen molar-refractivity contribution < 1.29 is 26.4 Å². The highest BCUT2D eigenvalue weighted by atomic mass is 28.4. The smallest absolute Gasteiger partial charge is 0.377 e. The van der Waals surface area contributed by atoms with Crippen molar-refractivity contribution in [1.82, 2.24) is 0 Å². The Morgan fingerprint density at radius 3 is 1.95 bits per heavy atom. The fourth-order valence-electron chi connectivity index (χ4n) is 1.85. The SMILES string of the molecule is CO[Si](CCc1cc(F)c(F)c(F)c1)(OC)OC(C)C. The van der Waals surface area contributed by atoms with Crippen molar-refractivity contribution in [2.24, 2.45) is 0 Å². The van der Waals surface area contributed by atoms with E-state index in [1.54, 1.807) is 0 Å². The molecule has 20 heavy (non-hydrogen) atoms. The van der Waals surface area contributed by atoms with Crippen LogP contribution in [0, 0.1) is 17.5 Å². The Morgan fingerprint density at radius 2 is 1.55 bits per heavy atom. The fourth-order valence-corrected chi connectivity index (χ4v) is 4.05. The molecule has 0 unspecified atom stereocenters. The first-order valence-corrected chi connectivity index (χ1v) is 8.18. The van der Waals surface area contributed by atoms with Gasteiger partial charge in [0, 0.05) is 26.4 Å². The van der Waals surface area contributed by atoms with Crippen LogP contribution in [0.2, 0.25) is 6.04 Å². The van der Waals surface area contributed by atoms with Crippen LogP contribution >= 0.6 is 0 Å². The Bertz CT molecular complexity index is 427. The molecule has 0 N–H and O–H groups in total. The van der Waals surface area contributed by atoms with Crippen molar-refractivity contribution in [3.8, 4) is 0 Å². The lowest BCUT2D eigenvalue weighted by Gasteiger charge is -2.28. The molecule has 0 aromatic heterocycles. The third-order valence-electron chi connectivity index (χ3n) is 2.80. The summed E-state index contributed by atoms with van der Waals surface area (Å²) in [6.45, 7) is 3.69. The monoisotopic (exact) mass is 308 g/mol. The van der Waals surface area contributed by atoms with Gasteiger partial charge in [0.25, 0.3) is 0 Å². The summed E-state index contributed by atoms with van der Waals surface area (Å²) in [6, 6.07) is 2.29. The van der Waals surface area contributed by atoms with Crippen LogP contribution in [0.15, 0.2) is 12.1 Å². The molecule has 0 amide bonds. The molecule has 0 spiro atoms. The fraction of sp³-hybridized carbons (Fsp3) is 0.538. The molecule has 0 aliphatic rings. The van der Waals surface area contributed by atoms with Gasteiger partial charge in [-0.2, -0.15) is 0 Å². The molecule has 1 aromatic carbocycles. The van der Waals surface area contributed by atoms with Crippen LogP contribution in [0.25, 0.3) is 0 Å². The molecule has 0 atom stereocenters. The van der Waals surface area contributed by atoms with Gasteiger partial charge in [-0.1, -0.05) is 0 Å². The average Bonchev–Trinajstić information content (AvgIpc) is 2.40. The standard InChI is InChI=1S/C13H19F3O3Si/c1-9(2)19-20(17-3,18-4)6-5-10-7-11(14)13(16)12(15)8-10/h7-9H,5-6H2,1-4H3. The number of hydrogen-bond donors (Lipinski definition) is 0. The molecular formula is C13H19F3O3Si. The minimum Gasteiger partial charge on any atom is -0.377 e. The lowest BCUT2D eigenvalue weighted by atomic mass is 10.1. The molecular weight excluding hydrogens is 289 g/mol. The second-order valence-corrected chi connectivity index (χ2v) is 7.55. The van der Waals surface area contributed by atoms with Crippen LogP contribution in [0.3, 0.4) is 0 Å². The molecule has 1 rings (SSSR count). The van der Waals surface area contributed by atoms with Crippen molar-refractivity contribution >= 4 is 8.80 Å². The molecule has 0 fully saturated rings. The highest BCUT2D eigenvalue weighted by Gasteiger charge is 2.39. The van der Waals surface area contributed by atoms with E-state index in [0.29, 0.717) is 11.6 Å².